The van der Waals surface area contributed by atoms with Gasteiger partial charge in [-0.25, -0.2) is 0 Å². The number of benzene rings is 2. The van der Waals surface area contributed by atoms with Gasteiger partial charge in [-0.05, 0) is 55.6 Å². The minimum absolute atomic E-state index is 0.149. The van der Waals surface area contributed by atoms with Crippen molar-refractivity contribution < 1.29 is 14.3 Å². The van der Waals surface area contributed by atoms with Crippen molar-refractivity contribution in [3.8, 4) is 5.75 Å². The Labute approximate surface area is 191 Å². The Morgan fingerprint density at radius 1 is 1.00 bits per heavy atom. The molecule has 1 amide bonds. The molecule has 0 aromatic heterocycles. The van der Waals surface area contributed by atoms with Crippen LogP contribution in [0, 0.1) is 0 Å². The summed E-state index contributed by atoms with van der Waals surface area (Å²) in [5.74, 6) is 1.04. The molecule has 1 N–H and O–H groups in total. The van der Waals surface area contributed by atoms with Gasteiger partial charge in [0.05, 0.1) is 12.5 Å². The Kier molecular flexibility index (Phi) is 7.66. The van der Waals surface area contributed by atoms with E-state index in [1.807, 2.05) is 30.3 Å². The van der Waals surface area contributed by atoms with E-state index in [1.165, 1.54) is 5.69 Å². The van der Waals surface area contributed by atoms with Crippen molar-refractivity contribution in [1.82, 2.24) is 10.2 Å². The Hall–Kier alpha value is -2.57. The first kappa shape index (κ1) is 22.6. The molecule has 32 heavy (non-hydrogen) atoms. The summed E-state index contributed by atoms with van der Waals surface area (Å²) < 4.78 is 10.8. The highest BCUT2D eigenvalue weighted by Crippen LogP contribution is 2.35. The molecule has 0 aliphatic carbocycles. The predicted octanol–water partition coefficient (Wildman–Crippen LogP) is 3.07. The van der Waals surface area contributed by atoms with Crippen LogP contribution >= 0.6 is 0 Å². The molecular weight excluding hydrogens is 402 g/mol. The van der Waals surface area contributed by atoms with E-state index in [0.717, 1.165) is 63.3 Å². The molecule has 0 unspecified atom stereocenters. The van der Waals surface area contributed by atoms with Gasteiger partial charge in [0.25, 0.3) is 0 Å². The Morgan fingerprint density at radius 3 is 2.34 bits per heavy atom. The third-order valence-corrected chi connectivity index (χ3v) is 6.85. The first-order chi connectivity index (χ1) is 15.7. The summed E-state index contributed by atoms with van der Waals surface area (Å²) in [6.45, 7) is 7.15. The molecule has 0 saturated carbocycles. The van der Waals surface area contributed by atoms with Crippen LogP contribution < -0.4 is 15.0 Å². The number of carbonyl (C=O) groups excluding carboxylic acids is 1. The van der Waals surface area contributed by atoms with Crippen LogP contribution in [0.5, 0.6) is 5.75 Å². The van der Waals surface area contributed by atoms with Crippen molar-refractivity contribution in [2.24, 2.45) is 0 Å². The van der Waals surface area contributed by atoms with Crippen molar-refractivity contribution in [2.75, 3.05) is 64.5 Å². The lowest BCUT2D eigenvalue weighted by Gasteiger charge is -2.37. The molecule has 2 fully saturated rings. The zero-order valence-corrected chi connectivity index (χ0v) is 19.1. The summed E-state index contributed by atoms with van der Waals surface area (Å²) in [5.41, 5.74) is 1.90. The maximum absolute atomic E-state index is 13.2. The van der Waals surface area contributed by atoms with E-state index in [1.54, 1.807) is 7.11 Å². The maximum atomic E-state index is 13.2. The Balaban J connectivity index is 1.21. The van der Waals surface area contributed by atoms with Crippen molar-refractivity contribution in [3.63, 3.8) is 0 Å². The highest BCUT2D eigenvalue weighted by atomic mass is 16.5. The quantitative estimate of drug-likeness (QED) is 0.644. The van der Waals surface area contributed by atoms with Gasteiger partial charge in [-0.1, -0.05) is 30.3 Å². The number of nitrogens with zero attached hydrogens (tertiary/aromatic N) is 2. The fourth-order valence-electron chi connectivity index (χ4n) is 4.82. The number of carbonyl (C=O) groups is 1. The fraction of sp³-hybridized carbons (Fsp3) is 0.500. The topological polar surface area (TPSA) is 54.0 Å². The van der Waals surface area contributed by atoms with E-state index in [0.29, 0.717) is 19.8 Å². The van der Waals surface area contributed by atoms with Gasteiger partial charge in [-0.15, -0.1) is 0 Å². The van der Waals surface area contributed by atoms with Crippen LogP contribution in [0.4, 0.5) is 5.69 Å². The maximum Gasteiger partial charge on any atom is 0.230 e. The van der Waals surface area contributed by atoms with E-state index in [4.69, 9.17) is 9.47 Å². The second-order valence-corrected chi connectivity index (χ2v) is 8.70. The average Bonchev–Trinajstić information content (AvgIpc) is 2.88. The minimum Gasteiger partial charge on any atom is -0.497 e. The molecule has 6 heteroatoms. The second kappa shape index (κ2) is 10.8. The zero-order chi connectivity index (χ0) is 22.2. The summed E-state index contributed by atoms with van der Waals surface area (Å²) in [5, 5.41) is 3.23. The lowest BCUT2D eigenvalue weighted by Crippen LogP contribution is -2.49. The molecule has 0 atom stereocenters. The van der Waals surface area contributed by atoms with Gasteiger partial charge in [-0.2, -0.15) is 0 Å². The van der Waals surface area contributed by atoms with E-state index in [2.05, 4.69) is 39.4 Å². The molecule has 2 aromatic rings. The summed E-state index contributed by atoms with van der Waals surface area (Å²) in [4.78, 5) is 18.1. The normalized spacial score (nSPS) is 18.8. The second-order valence-electron chi connectivity index (χ2n) is 8.70. The molecule has 6 nitrogen and oxygen atoms in total. The van der Waals surface area contributed by atoms with Crippen molar-refractivity contribution >= 4 is 11.6 Å². The number of nitrogens with one attached hydrogen (secondary N) is 1. The molecule has 2 saturated heterocycles. The van der Waals surface area contributed by atoms with Crippen LogP contribution in [0.15, 0.2) is 54.6 Å². The van der Waals surface area contributed by atoms with Crippen molar-refractivity contribution in [3.05, 3.63) is 60.2 Å². The zero-order valence-electron chi connectivity index (χ0n) is 19.1. The highest BCUT2D eigenvalue weighted by molar-refractivity contribution is 5.88. The van der Waals surface area contributed by atoms with Crippen molar-refractivity contribution in [1.29, 1.82) is 0 Å². The number of ether oxygens (including phenoxy) is 2. The predicted molar refractivity (Wildman–Crippen MR) is 127 cm³/mol. The third kappa shape index (κ3) is 5.25. The number of anilines is 1. The monoisotopic (exact) mass is 437 g/mol. The molecular formula is C26H35N3O3. The number of hydrogen-bond acceptors (Lipinski definition) is 5. The number of hydrogen-bond donors (Lipinski definition) is 1. The van der Waals surface area contributed by atoms with E-state index >= 15 is 0 Å². The first-order valence-corrected chi connectivity index (χ1v) is 11.7. The molecule has 2 heterocycles. The van der Waals surface area contributed by atoms with Gasteiger partial charge in [-0.3, -0.25) is 9.69 Å². The van der Waals surface area contributed by atoms with E-state index in [9.17, 15) is 4.79 Å². The van der Waals surface area contributed by atoms with Crippen LogP contribution in [0.3, 0.4) is 0 Å². The third-order valence-electron chi connectivity index (χ3n) is 6.85. The summed E-state index contributed by atoms with van der Waals surface area (Å²) in [6, 6.07) is 18.5. The molecule has 2 aliphatic rings. The minimum atomic E-state index is -0.455. The SMILES string of the molecule is COc1ccc(N2CCN(CCCNC(=O)C3(c4ccccc4)CCOCC3)CC2)cc1. The summed E-state index contributed by atoms with van der Waals surface area (Å²) in [6.07, 6.45) is 2.46. The number of amides is 1. The largest absolute Gasteiger partial charge is 0.497 e. The summed E-state index contributed by atoms with van der Waals surface area (Å²) in [7, 11) is 1.70. The molecule has 0 radical (unpaired) electrons. The molecule has 0 bridgehead atoms. The molecule has 4 rings (SSSR count). The summed E-state index contributed by atoms with van der Waals surface area (Å²) >= 11 is 0. The standard InChI is InChI=1S/C26H35N3O3/c1-31-24-10-8-23(9-11-24)29-18-16-28(17-19-29)15-5-14-27-25(30)26(12-20-32-21-13-26)22-6-3-2-4-7-22/h2-4,6-11H,5,12-21H2,1H3,(H,27,30). The van der Waals surface area contributed by atoms with Gasteiger partial charge < -0.3 is 19.7 Å². The first-order valence-electron chi connectivity index (χ1n) is 11.7. The number of rotatable bonds is 8. The fourth-order valence-corrected chi connectivity index (χ4v) is 4.82. The number of piperazine rings is 1. The molecule has 0 spiro atoms. The van der Waals surface area contributed by atoms with Gasteiger partial charge in [0.1, 0.15) is 5.75 Å². The lowest BCUT2D eigenvalue weighted by atomic mass is 9.73. The van der Waals surface area contributed by atoms with E-state index in [-0.39, 0.29) is 5.91 Å². The van der Waals surface area contributed by atoms with Crippen LogP contribution in [0.2, 0.25) is 0 Å². The molecule has 172 valence electrons. The molecule has 2 aliphatic heterocycles. The highest BCUT2D eigenvalue weighted by Gasteiger charge is 2.41. The van der Waals surface area contributed by atoms with Crippen LogP contribution in [-0.2, 0) is 14.9 Å². The van der Waals surface area contributed by atoms with Gasteiger partial charge in [0.15, 0.2) is 0 Å². The van der Waals surface area contributed by atoms with Crippen LogP contribution in [-0.4, -0.2) is 70.4 Å². The lowest BCUT2D eigenvalue weighted by molar-refractivity contribution is -0.130. The van der Waals surface area contributed by atoms with Crippen molar-refractivity contribution in [2.45, 2.75) is 24.7 Å². The van der Waals surface area contributed by atoms with Crippen LogP contribution in [0.1, 0.15) is 24.8 Å². The Morgan fingerprint density at radius 2 is 1.69 bits per heavy atom. The Bertz CT molecular complexity index is 842. The molecule has 2 aromatic carbocycles. The van der Waals surface area contributed by atoms with E-state index < -0.39 is 5.41 Å². The number of methoxy groups -OCH3 is 1. The van der Waals surface area contributed by atoms with Crippen LogP contribution in [0.25, 0.3) is 0 Å². The van der Waals surface area contributed by atoms with Gasteiger partial charge >= 0.3 is 0 Å². The van der Waals surface area contributed by atoms with Gasteiger partial charge in [0, 0.05) is 51.6 Å². The van der Waals surface area contributed by atoms with Gasteiger partial charge in [0.2, 0.25) is 5.91 Å². The smallest absolute Gasteiger partial charge is 0.230 e. The average molecular weight is 438 g/mol.